The first-order chi connectivity index (χ1) is 39.7. The maximum atomic E-state index is 4.92. The molecule has 2 aromatic heterocycles. The molecule has 10 nitrogen and oxygen atoms in total. The van der Waals surface area contributed by atoms with Crippen molar-refractivity contribution in [3.8, 4) is 0 Å². The van der Waals surface area contributed by atoms with Gasteiger partial charge in [-0.15, -0.1) is 24.7 Å². The van der Waals surface area contributed by atoms with E-state index in [-0.39, 0.29) is 42.1 Å². The molecular formula is C70H52N10Pt2-6. The Morgan fingerprint density at radius 3 is 1.05 bits per heavy atom. The molecule has 0 aliphatic carbocycles. The molecule has 0 atom stereocenters. The average Bonchev–Trinajstić information content (AvgIpc) is 4.27. The molecule has 12 heteroatoms. The summed E-state index contributed by atoms with van der Waals surface area (Å²) in [5.74, 6) is 1.84. The third-order valence-corrected chi connectivity index (χ3v) is 12.6. The topological polar surface area (TPSA) is 91.7 Å². The van der Waals surface area contributed by atoms with Crippen LogP contribution in [0.1, 0.15) is 0 Å². The number of benzene rings is 10. The number of hydrogen-bond acceptors (Lipinski definition) is 8. The molecule has 2 aliphatic heterocycles. The van der Waals surface area contributed by atoms with Crippen molar-refractivity contribution in [2.45, 2.75) is 0 Å². The van der Waals surface area contributed by atoms with Crippen LogP contribution in [0.15, 0.2) is 301 Å². The van der Waals surface area contributed by atoms with Crippen molar-refractivity contribution in [3.63, 3.8) is 0 Å². The summed E-state index contributed by atoms with van der Waals surface area (Å²) in [5, 5.41) is 10.7. The van der Waals surface area contributed by atoms with Gasteiger partial charge in [0.2, 0.25) is 0 Å². The van der Waals surface area contributed by atoms with Crippen molar-refractivity contribution in [1.82, 2.24) is 9.97 Å². The Morgan fingerprint density at radius 1 is 0.354 bits per heavy atom. The van der Waals surface area contributed by atoms with Gasteiger partial charge in [0.1, 0.15) is 11.6 Å². The number of rotatable bonds is 10. The van der Waals surface area contributed by atoms with Crippen LogP contribution in [0.4, 0.5) is 68.5 Å². The van der Waals surface area contributed by atoms with Crippen LogP contribution in [0.3, 0.4) is 0 Å². The monoisotopic (exact) mass is 1420 g/mol. The number of aliphatic imine (C=N–C) groups is 2. The number of para-hydroxylation sites is 10. The Bertz CT molecular complexity index is 3480. The molecule has 0 saturated carbocycles. The molecule has 12 aromatic rings. The third kappa shape index (κ3) is 14.7. The van der Waals surface area contributed by atoms with Crippen LogP contribution in [-0.4, -0.2) is 22.6 Å². The fourth-order valence-corrected chi connectivity index (χ4v) is 8.75. The van der Waals surface area contributed by atoms with E-state index in [1.165, 1.54) is 0 Å². The molecule has 0 N–H and O–H groups in total. The van der Waals surface area contributed by atoms with Crippen LogP contribution in [0.2, 0.25) is 0 Å². The molecule has 408 valence electrons. The van der Waals surface area contributed by atoms with Crippen LogP contribution in [0.25, 0.3) is 32.4 Å². The van der Waals surface area contributed by atoms with Gasteiger partial charge in [-0.1, -0.05) is 207 Å². The summed E-state index contributed by atoms with van der Waals surface area (Å²) in [6.07, 6.45) is 3.15. The standard InChI is InChI=1S/2C22H15N3.2C13H11N2.2Pt/c2*1-3-10-18(11-4-1)24-16-25(19-12-5-2-6-13-19)22-21(24)15-17-9-7-8-14-20(17)23-22;2*1-3-7-12(8-4-1)14-11-15-13-9-5-2-6-10-13;;/h2*1-12,14-16H;2*1-11H;;/q2*-2;2*-1;;. The van der Waals surface area contributed by atoms with Gasteiger partial charge in [-0.2, -0.15) is 60.7 Å². The van der Waals surface area contributed by atoms with E-state index in [0.717, 1.165) is 90.3 Å². The Hall–Kier alpha value is -9.46. The van der Waals surface area contributed by atoms with Crippen molar-refractivity contribution >= 4 is 103 Å². The Balaban J connectivity index is 0.000000135. The molecule has 4 heterocycles. The van der Waals surface area contributed by atoms with Crippen LogP contribution in [-0.2, 0) is 42.1 Å². The maximum Gasteiger partial charge on any atom is 0.125 e. The van der Waals surface area contributed by atoms with E-state index in [1.807, 2.05) is 218 Å². The van der Waals surface area contributed by atoms with Crippen molar-refractivity contribution in [2.75, 3.05) is 19.6 Å². The Morgan fingerprint density at radius 2 is 0.683 bits per heavy atom. The van der Waals surface area contributed by atoms with E-state index in [2.05, 4.69) is 138 Å². The maximum absolute atomic E-state index is 4.92. The SMILES string of the molecule is C(=Nc1ccccc1)[N-]c1ccccc1.C(=Nc1ccccc1)[N-]c1ccccc1.[Pt].[Pt].[c-]1ccccc1N1[CH-]N(c2ccccc2)c2cc3ccccc3nc21.[c-]1ccccc1N1[CH-]N(c2ccccc2)c2cc3ccccc3nc21. The molecule has 0 bridgehead atoms. The zero-order chi connectivity index (χ0) is 54.0. The summed E-state index contributed by atoms with van der Waals surface area (Å²) in [6.45, 7) is 4.16. The predicted octanol–water partition coefficient (Wildman–Crippen LogP) is 19.0. The zero-order valence-electron chi connectivity index (χ0n) is 44.1. The summed E-state index contributed by atoms with van der Waals surface area (Å²) >= 11 is 0. The minimum Gasteiger partial charge on any atom is -0.478 e. The van der Waals surface area contributed by atoms with Gasteiger partial charge >= 0.3 is 0 Å². The first kappa shape index (κ1) is 57.2. The molecule has 0 amide bonds. The molecule has 0 saturated heterocycles. The van der Waals surface area contributed by atoms with Gasteiger partial charge in [-0.25, -0.2) is 9.97 Å². The number of aromatic nitrogens is 2. The number of anilines is 8. The normalized spacial score (nSPS) is 11.9. The van der Waals surface area contributed by atoms with Gasteiger partial charge in [0.25, 0.3) is 0 Å². The summed E-state index contributed by atoms with van der Waals surface area (Å²) in [4.78, 5) is 26.8. The summed E-state index contributed by atoms with van der Waals surface area (Å²) in [6, 6.07) is 103. The molecule has 14 rings (SSSR count). The van der Waals surface area contributed by atoms with Crippen LogP contribution >= 0.6 is 0 Å². The van der Waals surface area contributed by atoms with Gasteiger partial charge < -0.3 is 40.2 Å². The molecule has 0 spiro atoms. The summed E-state index contributed by atoms with van der Waals surface area (Å²) in [7, 11) is 0. The van der Waals surface area contributed by atoms with E-state index in [0.29, 0.717) is 0 Å². The fraction of sp³-hybridized carbons (Fsp3) is 0. The van der Waals surface area contributed by atoms with Gasteiger partial charge in [-0.05, 0) is 71.3 Å². The van der Waals surface area contributed by atoms with E-state index >= 15 is 0 Å². The fourth-order valence-electron chi connectivity index (χ4n) is 8.75. The minimum atomic E-state index is 0. The van der Waals surface area contributed by atoms with Gasteiger partial charge in [-0.3, -0.25) is 0 Å². The van der Waals surface area contributed by atoms with E-state index in [1.54, 1.807) is 12.7 Å². The molecule has 0 unspecified atom stereocenters. The predicted molar refractivity (Wildman–Crippen MR) is 332 cm³/mol. The third-order valence-electron chi connectivity index (χ3n) is 12.6. The van der Waals surface area contributed by atoms with Gasteiger partial charge in [0.05, 0.1) is 22.4 Å². The number of pyridine rings is 2. The number of hydrogen-bond donors (Lipinski definition) is 0. The molecule has 0 fully saturated rings. The first-order valence-electron chi connectivity index (χ1n) is 26.1. The van der Waals surface area contributed by atoms with Gasteiger partial charge in [0, 0.05) is 64.3 Å². The van der Waals surface area contributed by atoms with Crippen molar-refractivity contribution in [3.05, 3.63) is 327 Å². The van der Waals surface area contributed by atoms with Crippen molar-refractivity contribution < 1.29 is 42.1 Å². The second kappa shape index (κ2) is 29.1. The smallest absolute Gasteiger partial charge is 0.125 e. The summed E-state index contributed by atoms with van der Waals surface area (Å²) in [5.41, 5.74) is 12.0. The van der Waals surface area contributed by atoms with E-state index < -0.39 is 0 Å². The minimum absolute atomic E-state index is 0. The van der Waals surface area contributed by atoms with Crippen molar-refractivity contribution in [2.24, 2.45) is 9.98 Å². The summed E-state index contributed by atoms with van der Waals surface area (Å²) < 4.78 is 0. The molecule has 2 aliphatic rings. The van der Waals surface area contributed by atoms with Crippen LogP contribution in [0.5, 0.6) is 0 Å². The Kier molecular flexibility index (Phi) is 20.3. The first-order valence-corrected chi connectivity index (χ1v) is 26.1. The molecule has 10 aromatic carbocycles. The molecular weight excluding hydrogens is 1370 g/mol. The average molecular weight is 1420 g/mol. The van der Waals surface area contributed by atoms with Gasteiger partial charge in [0.15, 0.2) is 0 Å². The molecule has 0 radical (unpaired) electrons. The number of nitrogens with zero attached hydrogens (tertiary/aromatic N) is 10. The number of fused-ring (bicyclic) bond motifs is 4. The van der Waals surface area contributed by atoms with Crippen LogP contribution < -0.4 is 19.6 Å². The second-order valence-electron chi connectivity index (χ2n) is 18.0. The largest absolute Gasteiger partial charge is 0.478 e. The quantitative estimate of drug-likeness (QED) is 0.0770. The Labute approximate surface area is 508 Å². The second-order valence-corrected chi connectivity index (χ2v) is 18.0. The van der Waals surface area contributed by atoms with E-state index in [9.17, 15) is 0 Å². The molecule has 82 heavy (non-hydrogen) atoms. The zero-order valence-corrected chi connectivity index (χ0v) is 48.7. The van der Waals surface area contributed by atoms with Crippen molar-refractivity contribution in [1.29, 1.82) is 0 Å². The van der Waals surface area contributed by atoms with Crippen LogP contribution in [0, 0.1) is 25.5 Å². The van der Waals surface area contributed by atoms with E-state index in [4.69, 9.17) is 9.97 Å².